The first-order chi connectivity index (χ1) is 9.49. The zero-order chi connectivity index (χ0) is 15.1. The van der Waals surface area contributed by atoms with Crippen molar-refractivity contribution in [1.82, 2.24) is 4.90 Å². The van der Waals surface area contributed by atoms with Crippen molar-refractivity contribution in [3.8, 4) is 0 Å². The van der Waals surface area contributed by atoms with Gasteiger partial charge in [0, 0.05) is 18.6 Å². The van der Waals surface area contributed by atoms with Crippen LogP contribution in [0.15, 0.2) is 24.3 Å². The Hall–Kier alpha value is -0.860. The van der Waals surface area contributed by atoms with Crippen LogP contribution in [0.2, 0.25) is 0 Å². The lowest BCUT2D eigenvalue weighted by Crippen LogP contribution is -2.37. The summed E-state index contributed by atoms with van der Waals surface area (Å²) in [7, 11) is 2.19. The number of likely N-dealkylation sites (N-methyl/N-ethyl adjacent to an activating group) is 1. The zero-order valence-electron chi connectivity index (χ0n) is 13.9. The Kier molecular flexibility index (Phi) is 7.25. The van der Waals surface area contributed by atoms with Gasteiger partial charge >= 0.3 is 0 Å². The molecule has 0 fully saturated rings. The van der Waals surface area contributed by atoms with E-state index in [-0.39, 0.29) is 0 Å². The predicted molar refractivity (Wildman–Crippen MR) is 88.9 cm³/mol. The van der Waals surface area contributed by atoms with E-state index in [0.29, 0.717) is 24.5 Å². The highest BCUT2D eigenvalue weighted by atomic mass is 15.2. The van der Waals surface area contributed by atoms with E-state index < -0.39 is 0 Å². The molecule has 0 saturated carbocycles. The molecule has 20 heavy (non-hydrogen) atoms. The monoisotopic (exact) mass is 276 g/mol. The Morgan fingerprint density at radius 1 is 1.10 bits per heavy atom. The SMILES string of the molecule is CCCC(C)N(C)C(CN)c1ccc(CC(C)C)cc1. The van der Waals surface area contributed by atoms with Crippen LogP contribution >= 0.6 is 0 Å². The van der Waals surface area contributed by atoms with Crippen molar-refractivity contribution >= 4 is 0 Å². The van der Waals surface area contributed by atoms with E-state index in [1.165, 1.54) is 24.0 Å². The molecule has 1 rings (SSSR count). The van der Waals surface area contributed by atoms with Gasteiger partial charge < -0.3 is 5.73 Å². The molecule has 0 aliphatic rings. The first-order valence-electron chi connectivity index (χ1n) is 8.00. The van der Waals surface area contributed by atoms with Gasteiger partial charge in [0.25, 0.3) is 0 Å². The van der Waals surface area contributed by atoms with Crippen LogP contribution in [0.1, 0.15) is 57.7 Å². The molecule has 0 aliphatic heterocycles. The summed E-state index contributed by atoms with van der Waals surface area (Å²) in [6.45, 7) is 9.73. The van der Waals surface area contributed by atoms with E-state index in [4.69, 9.17) is 5.73 Å². The summed E-state index contributed by atoms with van der Waals surface area (Å²) in [6, 6.07) is 9.93. The summed E-state index contributed by atoms with van der Waals surface area (Å²) in [4.78, 5) is 2.42. The molecule has 1 aromatic rings. The summed E-state index contributed by atoms with van der Waals surface area (Å²) in [5.41, 5.74) is 8.78. The van der Waals surface area contributed by atoms with E-state index in [1.807, 2.05) is 0 Å². The van der Waals surface area contributed by atoms with Gasteiger partial charge in [0.1, 0.15) is 0 Å². The lowest BCUT2D eigenvalue weighted by atomic mass is 9.98. The number of hydrogen-bond donors (Lipinski definition) is 1. The summed E-state index contributed by atoms with van der Waals surface area (Å²) in [5, 5.41) is 0. The van der Waals surface area contributed by atoms with Crippen molar-refractivity contribution in [3.63, 3.8) is 0 Å². The molecule has 0 amide bonds. The van der Waals surface area contributed by atoms with E-state index in [1.54, 1.807) is 0 Å². The standard InChI is InChI=1S/C18H32N2/c1-6-7-15(4)20(5)18(13-19)17-10-8-16(9-11-17)12-14(2)3/h8-11,14-15,18H,6-7,12-13,19H2,1-5H3. The largest absolute Gasteiger partial charge is 0.329 e. The van der Waals surface area contributed by atoms with Crippen LogP contribution < -0.4 is 5.73 Å². The van der Waals surface area contributed by atoms with E-state index in [9.17, 15) is 0 Å². The molecule has 0 aromatic heterocycles. The van der Waals surface area contributed by atoms with Gasteiger partial charge in [-0.25, -0.2) is 0 Å². The molecule has 0 bridgehead atoms. The molecule has 2 atom stereocenters. The molecular formula is C18H32N2. The van der Waals surface area contributed by atoms with Crippen LogP contribution in [0.3, 0.4) is 0 Å². The van der Waals surface area contributed by atoms with E-state index in [2.05, 4.69) is 63.9 Å². The van der Waals surface area contributed by atoms with Gasteiger partial charge in [0.15, 0.2) is 0 Å². The minimum atomic E-state index is 0.324. The number of nitrogens with two attached hydrogens (primary N) is 1. The maximum absolute atomic E-state index is 6.02. The fourth-order valence-electron chi connectivity index (χ4n) is 2.81. The smallest absolute Gasteiger partial charge is 0.0470 e. The van der Waals surface area contributed by atoms with Crippen LogP contribution in [-0.4, -0.2) is 24.5 Å². The van der Waals surface area contributed by atoms with Crippen LogP contribution in [-0.2, 0) is 6.42 Å². The van der Waals surface area contributed by atoms with Crippen LogP contribution in [0.25, 0.3) is 0 Å². The first-order valence-corrected chi connectivity index (χ1v) is 8.00. The second-order valence-corrected chi connectivity index (χ2v) is 6.39. The van der Waals surface area contributed by atoms with Crippen molar-refractivity contribution in [3.05, 3.63) is 35.4 Å². The van der Waals surface area contributed by atoms with Gasteiger partial charge in [0.05, 0.1) is 0 Å². The van der Waals surface area contributed by atoms with Gasteiger partial charge in [-0.05, 0) is 43.9 Å². The number of rotatable bonds is 8. The molecule has 2 unspecified atom stereocenters. The molecule has 0 radical (unpaired) electrons. The Balaban J connectivity index is 2.79. The Bertz CT molecular complexity index is 370. The third kappa shape index (κ3) is 4.92. The minimum absolute atomic E-state index is 0.324. The van der Waals surface area contributed by atoms with E-state index in [0.717, 1.165) is 6.42 Å². The average molecular weight is 276 g/mol. The fourth-order valence-corrected chi connectivity index (χ4v) is 2.81. The van der Waals surface area contributed by atoms with Gasteiger partial charge in [-0.3, -0.25) is 4.90 Å². The quantitative estimate of drug-likeness (QED) is 0.777. The molecule has 0 spiro atoms. The number of hydrogen-bond acceptors (Lipinski definition) is 2. The van der Waals surface area contributed by atoms with Crippen molar-refractivity contribution < 1.29 is 0 Å². The summed E-state index contributed by atoms with van der Waals surface area (Å²) < 4.78 is 0. The van der Waals surface area contributed by atoms with Gasteiger partial charge in [-0.15, -0.1) is 0 Å². The van der Waals surface area contributed by atoms with Crippen LogP contribution in [0.4, 0.5) is 0 Å². The summed E-state index contributed by atoms with van der Waals surface area (Å²) in [6.07, 6.45) is 3.59. The van der Waals surface area contributed by atoms with E-state index >= 15 is 0 Å². The second kappa shape index (κ2) is 8.43. The first kappa shape index (κ1) is 17.2. The maximum atomic E-state index is 6.02. The van der Waals surface area contributed by atoms with Crippen LogP contribution in [0, 0.1) is 5.92 Å². The van der Waals surface area contributed by atoms with Crippen molar-refractivity contribution in [2.75, 3.05) is 13.6 Å². The number of benzene rings is 1. The molecule has 0 aliphatic carbocycles. The van der Waals surface area contributed by atoms with Crippen LogP contribution in [0.5, 0.6) is 0 Å². The van der Waals surface area contributed by atoms with Gasteiger partial charge in [0.2, 0.25) is 0 Å². The van der Waals surface area contributed by atoms with Crippen molar-refractivity contribution in [1.29, 1.82) is 0 Å². The van der Waals surface area contributed by atoms with Crippen molar-refractivity contribution in [2.24, 2.45) is 11.7 Å². The topological polar surface area (TPSA) is 29.3 Å². The average Bonchev–Trinajstić information content (AvgIpc) is 2.41. The highest BCUT2D eigenvalue weighted by Gasteiger charge is 2.19. The minimum Gasteiger partial charge on any atom is -0.329 e. The zero-order valence-corrected chi connectivity index (χ0v) is 13.9. The Morgan fingerprint density at radius 3 is 2.15 bits per heavy atom. The third-order valence-electron chi connectivity index (χ3n) is 4.13. The Labute approximate surface area is 125 Å². The molecule has 0 saturated heterocycles. The molecule has 2 N–H and O–H groups in total. The molecule has 1 aromatic carbocycles. The fraction of sp³-hybridized carbons (Fsp3) is 0.667. The lowest BCUT2D eigenvalue weighted by Gasteiger charge is -2.33. The molecule has 2 heteroatoms. The second-order valence-electron chi connectivity index (χ2n) is 6.39. The summed E-state index contributed by atoms with van der Waals surface area (Å²) in [5.74, 6) is 0.707. The Morgan fingerprint density at radius 2 is 1.70 bits per heavy atom. The molecule has 2 nitrogen and oxygen atoms in total. The summed E-state index contributed by atoms with van der Waals surface area (Å²) >= 11 is 0. The molecule has 114 valence electrons. The number of nitrogens with zero attached hydrogens (tertiary/aromatic N) is 1. The predicted octanol–water partition coefficient (Wildman–Crippen LogP) is 4.01. The molecular weight excluding hydrogens is 244 g/mol. The highest BCUT2D eigenvalue weighted by Crippen LogP contribution is 2.23. The normalized spacial score (nSPS) is 14.8. The highest BCUT2D eigenvalue weighted by molar-refractivity contribution is 5.25. The molecule has 0 heterocycles. The third-order valence-corrected chi connectivity index (χ3v) is 4.13. The van der Waals surface area contributed by atoms with Gasteiger partial charge in [-0.1, -0.05) is 51.5 Å². The maximum Gasteiger partial charge on any atom is 0.0470 e. The lowest BCUT2D eigenvalue weighted by molar-refractivity contribution is 0.180. The van der Waals surface area contributed by atoms with Gasteiger partial charge in [-0.2, -0.15) is 0 Å². The van der Waals surface area contributed by atoms with Crippen molar-refractivity contribution in [2.45, 2.75) is 59.0 Å².